The van der Waals surface area contributed by atoms with Crippen LogP contribution in [0.4, 0.5) is 0 Å². The van der Waals surface area contributed by atoms with Crippen LogP contribution in [0.3, 0.4) is 0 Å². The summed E-state index contributed by atoms with van der Waals surface area (Å²) in [5.74, 6) is 0.542. The van der Waals surface area contributed by atoms with E-state index in [0.717, 1.165) is 44.3 Å². The number of carbonyl (C=O) groups excluding carboxylic acids is 2. The molecule has 2 aliphatic rings. The van der Waals surface area contributed by atoms with Gasteiger partial charge < -0.3 is 10.6 Å². The lowest BCUT2D eigenvalue weighted by atomic mass is 9.99. The van der Waals surface area contributed by atoms with Crippen LogP contribution in [-0.4, -0.2) is 42.4 Å². The largest absolute Gasteiger partial charge is 0.353 e. The van der Waals surface area contributed by atoms with E-state index in [2.05, 4.69) is 39.8 Å². The molecule has 2 aromatic rings. The molecule has 5 nitrogen and oxygen atoms in total. The van der Waals surface area contributed by atoms with E-state index < -0.39 is 0 Å². The van der Waals surface area contributed by atoms with Gasteiger partial charge in [-0.3, -0.25) is 14.5 Å². The second kappa shape index (κ2) is 8.31. The summed E-state index contributed by atoms with van der Waals surface area (Å²) in [5, 5.41) is 8.69. The smallest absolute Gasteiger partial charge is 0.234 e. The van der Waals surface area contributed by atoms with Gasteiger partial charge in [-0.2, -0.15) is 0 Å². The molecule has 28 heavy (non-hydrogen) atoms. The Balaban J connectivity index is 1.27. The third-order valence-electron chi connectivity index (χ3n) is 5.92. The van der Waals surface area contributed by atoms with Gasteiger partial charge in [-0.1, -0.05) is 42.5 Å². The Morgan fingerprint density at radius 1 is 1.04 bits per heavy atom. The fourth-order valence-corrected chi connectivity index (χ4v) is 4.10. The Labute approximate surface area is 166 Å². The van der Waals surface area contributed by atoms with Gasteiger partial charge in [0.05, 0.1) is 12.6 Å². The molecule has 148 valence electrons. The van der Waals surface area contributed by atoms with Crippen LogP contribution in [0, 0.1) is 5.92 Å². The van der Waals surface area contributed by atoms with Crippen molar-refractivity contribution in [1.29, 1.82) is 0 Å². The van der Waals surface area contributed by atoms with Gasteiger partial charge in [0, 0.05) is 25.0 Å². The molecule has 0 radical (unpaired) electrons. The summed E-state index contributed by atoms with van der Waals surface area (Å²) in [7, 11) is 0. The van der Waals surface area contributed by atoms with Crippen molar-refractivity contribution in [2.24, 2.45) is 5.92 Å². The van der Waals surface area contributed by atoms with E-state index in [1.807, 2.05) is 25.1 Å². The van der Waals surface area contributed by atoms with Crippen LogP contribution in [0.2, 0.25) is 0 Å². The topological polar surface area (TPSA) is 61.4 Å². The lowest BCUT2D eigenvalue weighted by Gasteiger charge is -2.32. The third kappa shape index (κ3) is 4.53. The number of amides is 2. The Morgan fingerprint density at radius 2 is 1.75 bits per heavy atom. The summed E-state index contributed by atoms with van der Waals surface area (Å²) >= 11 is 0. The average Bonchev–Trinajstić information content (AvgIpc) is 3.54. The van der Waals surface area contributed by atoms with Crippen molar-refractivity contribution in [2.45, 2.75) is 44.7 Å². The molecule has 1 aliphatic heterocycles. The summed E-state index contributed by atoms with van der Waals surface area (Å²) in [4.78, 5) is 26.6. The zero-order valence-corrected chi connectivity index (χ0v) is 16.5. The van der Waals surface area contributed by atoms with Crippen molar-refractivity contribution in [3.8, 4) is 0 Å². The van der Waals surface area contributed by atoms with Crippen LogP contribution in [0.15, 0.2) is 42.5 Å². The molecule has 2 fully saturated rings. The minimum atomic E-state index is -0.0334. The summed E-state index contributed by atoms with van der Waals surface area (Å²) in [6.07, 6.45) is 3.93. The van der Waals surface area contributed by atoms with E-state index in [4.69, 9.17) is 0 Å². The predicted octanol–water partition coefficient (Wildman–Crippen LogP) is 3.01. The first kappa shape index (κ1) is 18.9. The molecule has 5 heteroatoms. The maximum atomic E-state index is 12.6. The van der Waals surface area contributed by atoms with E-state index in [0.29, 0.717) is 6.54 Å². The Kier molecular flexibility index (Phi) is 5.62. The van der Waals surface area contributed by atoms with Gasteiger partial charge in [-0.05, 0) is 48.9 Å². The summed E-state index contributed by atoms with van der Waals surface area (Å²) < 4.78 is 0. The second-order valence-corrected chi connectivity index (χ2v) is 8.19. The molecule has 0 bridgehead atoms. The molecule has 1 saturated carbocycles. The molecule has 2 amide bonds. The lowest BCUT2D eigenvalue weighted by molar-refractivity contribution is -0.125. The summed E-state index contributed by atoms with van der Waals surface area (Å²) in [5.41, 5.74) is 1.15. The van der Waals surface area contributed by atoms with Crippen molar-refractivity contribution >= 4 is 22.6 Å². The Hall–Kier alpha value is -2.40. The number of fused-ring (bicyclic) bond motifs is 1. The van der Waals surface area contributed by atoms with Crippen molar-refractivity contribution in [3.05, 3.63) is 48.0 Å². The molecule has 1 unspecified atom stereocenters. The first-order valence-electron chi connectivity index (χ1n) is 10.4. The van der Waals surface area contributed by atoms with E-state index >= 15 is 0 Å². The summed E-state index contributed by atoms with van der Waals surface area (Å²) in [6.45, 7) is 4.16. The van der Waals surface area contributed by atoms with Gasteiger partial charge in [0.25, 0.3) is 0 Å². The molecule has 1 heterocycles. The number of hydrogen-bond donors (Lipinski definition) is 2. The highest BCUT2D eigenvalue weighted by molar-refractivity contribution is 5.87. The number of rotatable bonds is 6. The van der Waals surface area contributed by atoms with E-state index in [9.17, 15) is 9.59 Å². The molecule has 0 aromatic heterocycles. The van der Waals surface area contributed by atoms with Crippen molar-refractivity contribution in [1.82, 2.24) is 15.5 Å². The third-order valence-corrected chi connectivity index (χ3v) is 5.92. The number of hydrogen-bond acceptors (Lipinski definition) is 3. The number of nitrogens with zero attached hydrogens (tertiary/aromatic N) is 1. The number of likely N-dealkylation sites (tertiary alicyclic amines) is 1. The molecule has 0 spiro atoms. The quantitative estimate of drug-likeness (QED) is 0.811. The standard InChI is InChI=1S/C23H29N3O2/c1-16(20-8-4-6-17-5-2-3-7-21(17)20)24-22(27)15-26-13-11-19(12-14-26)25-23(28)18-9-10-18/h2-8,16,18-19H,9-15H2,1H3,(H,24,27)(H,25,28). The van der Waals surface area contributed by atoms with Gasteiger partial charge in [0.15, 0.2) is 0 Å². The minimum Gasteiger partial charge on any atom is -0.353 e. The van der Waals surface area contributed by atoms with Gasteiger partial charge >= 0.3 is 0 Å². The van der Waals surface area contributed by atoms with E-state index in [1.54, 1.807) is 0 Å². The van der Waals surface area contributed by atoms with Crippen molar-refractivity contribution < 1.29 is 9.59 Å². The fourth-order valence-electron chi connectivity index (χ4n) is 4.10. The van der Waals surface area contributed by atoms with Crippen LogP contribution in [0.25, 0.3) is 10.8 Å². The van der Waals surface area contributed by atoms with Gasteiger partial charge in [-0.15, -0.1) is 0 Å². The van der Waals surface area contributed by atoms with Gasteiger partial charge in [0.2, 0.25) is 11.8 Å². The van der Waals surface area contributed by atoms with E-state index in [-0.39, 0.29) is 29.8 Å². The lowest BCUT2D eigenvalue weighted by Crippen LogP contribution is -2.47. The van der Waals surface area contributed by atoms with Crippen LogP contribution < -0.4 is 10.6 Å². The van der Waals surface area contributed by atoms with E-state index in [1.165, 1.54) is 10.8 Å². The monoisotopic (exact) mass is 379 g/mol. The minimum absolute atomic E-state index is 0.0334. The number of carbonyl (C=O) groups is 2. The number of benzene rings is 2. The van der Waals surface area contributed by atoms with Crippen LogP contribution in [0.5, 0.6) is 0 Å². The van der Waals surface area contributed by atoms with Gasteiger partial charge in [0.1, 0.15) is 0 Å². The second-order valence-electron chi connectivity index (χ2n) is 8.19. The maximum absolute atomic E-state index is 12.6. The van der Waals surface area contributed by atoms with Crippen LogP contribution in [0.1, 0.15) is 44.2 Å². The zero-order chi connectivity index (χ0) is 19.5. The Morgan fingerprint density at radius 3 is 2.50 bits per heavy atom. The van der Waals surface area contributed by atoms with Crippen LogP contribution >= 0.6 is 0 Å². The van der Waals surface area contributed by atoms with Gasteiger partial charge in [-0.25, -0.2) is 0 Å². The highest BCUT2D eigenvalue weighted by atomic mass is 16.2. The first-order chi connectivity index (χ1) is 13.6. The fraction of sp³-hybridized carbons (Fsp3) is 0.478. The molecule has 1 atom stereocenters. The van der Waals surface area contributed by atoms with Crippen LogP contribution in [-0.2, 0) is 9.59 Å². The number of piperidine rings is 1. The normalized spacial score (nSPS) is 19.3. The van der Waals surface area contributed by atoms with Crippen molar-refractivity contribution in [3.63, 3.8) is 0 Å². The highest BCUT2D eigenvalue weighted by Gasteiger charge is 2.32. The van der Waals surface area contributed by atoms with Crippen molar-refractivity contribution in [2.75, 3.05) is 19.6 Å². The zero-order valence-electron chi connectivity index (χ0n) is 16.5. The first-order valence-corrected chi connectivity index (χ1v) is 10.4. The molecule has 2 N–H and O–H groups in total. The molecular formula is C23H29N3O2. The molecule has 2 aromatic carbocycles. The Bertz CT molecular complexity index is 849. The molecule has 1 saturated heterocycles. The highest BCUT2D eigenvalue weighted by Crippen LogP contribution is 2.29. The average molecular weight is 380 g/mol. The maximum Gasteiger partial charge on any atom is 0.234 e. The molecule has 1 aliphatic carbocycles. The number of nitrogens with one attached hydrogen (secondary N) is 2. The predicted molar refractivity (Wildman–Crippen MR) is 111 cm³/mol. The molecular weight excluding hydrogens is 350 g/mol. The molecule has 4 rings (SSSR count). The SMILES string of the molecule is CC(NC(=O)CN1CCC(NC(=O)C2CC2)CC1)c1cccc2ccccc12. The summed E-state index contributed by atoms with van der Waals surface area (Å²) in [6, 6.07) is 14.7.